The van der Waals surface area contributed by atoms with Crippen molar-refractivity contribution in [1.29, 1.82) is 0 Å². The first kappa shape index (κ1) is 20.9. The Balaban J connectivity index is 1.63. The molecule has 2 rings (SSSR count). The van der Waals surface area contributed by atoms with E-state index < -0.39 is 11.7 Å². The number of alkyl carbamates (subject to hydrolysis) is 1. The predicted octanol–water partition coefficient (Wildman–Crippen LogP) is 2.20. The average molecular weight is 376 g/mol. The maximum atomic E-state index is 11.6. The van der Waals surface area contributed by atoms with Crippen LogP contribution in [0.5, 0.6) is 0 Å². The van der Waals surface area contributed by atoms with Gasteiger partial charge in [-0.3, -0.25) is 4.99 Å². The van der Waals surface area contributed by atoms with Gasteiger partial charge in [0.15, 0.2) is 5.96 Å². The van der Waals surface area contributed by atoms with Crippen LogP contribution in [0.2, 0.25) is 0 Å². The Hall–Kier alpha value is -2.44. The average Bonchev–Trinajstić information content (AvgIpc) is 3.09. The van der Waals surface area contributed by atoms with E-state index in [2.05, 4.69) is 50.1 Å². The molecule has 1 heterocycles. The maximum Gasteiger partial charge on any atom is 0.407 e. The summed E-state index contributed by atoms with van der Waals surface area (Å²) in [5.41, 5.74) is 0.806. The number of ether oxygens (including phenoxy) is 1. The molecule has 0 aromatic heterocycles. The molecule has 7 heteroatoms. The third-order valence-electron chi connectivity index (χ3n) is 4.27. The van der Waals surface area contributed by atoms with E-state index in [4.69, 9.17) is 4.74 Å². The van der Waals surface area contributed by atoms with Gasteiger partial charge in [0.2, 0.25) is 0 Å². The number of benzene rings is 1. The molecule has 3 N–H and O–H groups in total. The van der Waals surface area contributed by atoms with Crippen molar-refractivity contribution >= 4 is 17.7 Å². The van der Waals surface area contributed by atoms with E-state index in [1.165, 1.54) is 12.1 Å². The fraction of sp³-hybridized carbons (Fsp3) is 0.600. The van der Waals surface area contributed by atoms with Crippen molar-refractivity contribution in [1.82, 2.24) is 16.0 Å². The topological polar surface area (TPSA) is 78.0 Å². The fourth-order valence-electron chi connectivity index (χ4n) is 2.99. The molecule has 1 aliphatic rings. The highest BCUT2D eigenvalue weighted by atomic mass is 16.6. The van der Waals surface area contributed by atoms with E-state index in [1.807, 2.05) is 26.8 Å². The summed E-state index contributed by atoms with van der Waals surface area (Å²) in [5, 5.41) is 9.31. The molecule has 1 atom stereocenters. The zero-order valence-electron chi connectivity index (χ0n) is 16.9. The van der Waals surface area contributed by atoms with E-state index in [0.717, 1.165) is 25.6 Å². The Morgan fingerprint density at radius 3 is 2.56 bits per heavy atom. The van der Waals surface area contributed by atoms with Crippen molar-refractivity contribution in [2.75, 3.05) is 44.7 Å². The van der Waals surface area contributed by atoms with Gasteiger partial charge in [0.05, 0.1) is 0 Å². The molecule has 0 radical (unpaired) electrons. The molecule has 0 saturated carbocycles. The maximum absolute atomic E-state index is 11.6. The first-order chi connectivity index (χ1) is 12.9. The summed E-state index contributed by atoms with van der Waals surface area (Å²) in [5.74, 6) is 1.34. The lowest BCUT2D eigenvalue weighted by Gasteiger charge is -2.20. The van der Waals surface area contributed by atoms with Gasteiger partial charge in [-0.15, -0.1) is 0 Å². The number of guanidine groups is 1. The molecule has 1 aromatic carbocycles. The Morgan fingerprint density at radius 1 is 1.19 bits per heavy atom. The molecule has 1 amide bonds. The lowest BCUT2D eigenvalue weighted by atomic mass is 10.1. The van der Waals surface area contributed by atoms with Crippen molar-refractivity contribution in [2.24, 2.45) is 10.9 Å². The molecule has 1 aliphatic heterocycles. The molecule has 1 fully saturated rings. The van der Waals surface area contributed by atoms with E-state index in [1.54, 1.807) is 7.05 Å². The Kier molecular flexibility index (Phi) is 7.76. The van der Waals surface area contributed by atoms with Crippen LogP contribution in [0.4, 0.5) is 10.5 Å². The number of para-hydroxylation sites is 1. The normalized spacial score (nSPS) is 17.6. The van der Waals surface area contributed by atoms with Crippen LogP contribution in [-0.4, -0.2) is 57.4 Å². The Labute approximate surface area is 162 Å². The van der Waals surface area contributed by atoms with E-state index in [0.29, 0.717) is 19.0 Å². The van der Waals surface area contributed by atoms with Crippen LogP contribution in [0.1, 0.15) is 27.2 Å². The summed E-state index contributed by atoms with van der Waals surface area (Å²) in [6.45, 7) is 9.61. The van der Waals surface area contributed by atoms with Crippen LogP contribution in [0.25, 0.3) is 0 Å². The lowest BCUT2D eigenvalue weighted by Crippen LogP contribution is -2.44. The highest BCUT2D eigenvalue weighted by molar-refractivity contribution is 5.79. The minimum Gasteiger partial charge on any atom is -0.444 e. The van der Waals surface area contributed by atoms with E-state index in [9.17, 15) is 4.79 Å². The molecule has 1 saturated heterocycles. The van der Waals surface area contributed by atoms with Crippen molar-refractivity contribution in [3.63, 3.8) is 0 Å². The highest BCUT2D eigenvalue weighted by Crippen LogP contribution is 2.22. The van der Waals surface area contributed by atoms with Crippen LogP contribution in [0, 0.1) is 5.92 Å². The molecule has 0 spiro atoms. The van der Waals surface area contributed by atoms with Gasteiger partial charge in [0, 0.05) is 45.5 Å². The molecule has 0 bridgehead atoms. The highest BCUT2D eigenvalue weighted by Gasteiger charge is 2.22. The number of nitrogens with one attached hydrogen (secondary N) is 3. The minimum absolute atomic E-state index is 0.404. The number of carbonyl (C=O) groups excluding carboxylic acids is 1. The lowest BCUT2D eigenvalue weighted by molar-refractivity contribution is 0.0529. The summed E-state index contributed by atoms with van der Waals surface area (Å²) in [7, 11) is 1.75. The van der Waals surface area contributed by atoms with Gasteiger partial charge in [-0.25, -0.2) is 4.79 Å². The number of aliphatic imine (C=N–C) groups is 1. The van der Waals surface area contributed by atoms with Crippen molar-refractivity contribution < 1.29 is 9.53 Å². The van der Waals surface area contributed by atoms with Crippen molar-refractivity contribution in [3.8, 4) is 0 Å². The standard InChI is InChI=1S/C20H33N5O2/c1-20(2,3)27-19(26)23-12-11-22-18(21-4)24-14-16-10-13-25(15-16)17-8-6-5-7-9-17/h5-9,16H,10-15H2,1-4H3,(H,23,26)(H2,21,22,24). The van der Waals surface area contributed by atoms with Gasteiger partial charge in [-0.2, -0.15) is 0 Å². The van der Waals surface area contributed by atoms with Crippen LogP contribution in [-0.2, 0) is 4.74 Å². The second-order valence-electron chi connectivity index (χ2n) is 7.74. The van der Waals surface area contributed by atoms with Crippen LogP contribution >= 0.6 is 0 Å². The second-order valence-corrected chi connectivity index (χ2v) is 7.74. The summed E-state index contributed by atoms with van der Waals surface area (Å²) >= 11 is 0. The van der Waals surface area contributed by atoms with Gasteiger partial charge in [0.25, 0.3) is 0 Å². The molecular weight excluding hydrogens is 342 g/mol. The monoisotopic (exact) mass is 375 g/mol. The molecule has 7 nitrogen and oxygen atoms in total. The number of hydrogen-bond acceptors (Lipinski definition) is 4. The summed E-state index contributed by atoms with van der Waals surface area (Å²) < 4.78 is 5.20. The predicted molar refractivity (Wildman–Crippen MR) is 110 cm³/mol. The largest absolute Gasteiger partial charge is 0.444 e. The number of carbonyl (C=O) groups is 1. The van der Waals surface area contributed by atoms with E-state index in [-0.39, 0.29) is 0 Å². The molecule has 1 unspecified atom stereocenters. The number of hydrogen-bond donors (Lipinski definition) is 3. The molecule has 27 heavy (non-hydrogen) atoms. The summed E-state index contributed by atoms with van der Waals surface area (Å²) in [6, 6.07) is 10.5. The number of amides is 1. The van der Waals surface area contributed by atoms with Gasteiger partial charge < -0.3 is 25.6 Å². The number of nitrogens with zero attached hydrogens (tertiary/aromatic N) is 2. The SMILES string of the molecule is CN=C(NCCNC(=O)OC(C)(C)C)NCC1CCN(c2ccccc2)C1. The molecule has 0 aliphatic carbocycles. The van der Waals surface area contributed by atoms with Crippen molar-refractivity contribution in [3.05, 3.63) is 30.3 Å². The third-order valence-corrected chi connectivity index (χ3v) is 4.27. The fourth-order valence-corrected chi connectivity index (χ4v) is 2.99. The minimum atomic E-state index is -0.482. The summed E-state index contributed by atoms with van der Waals surface area (Å²) in [6.07, 6.45) is 0.762. The van der Waals surface area contributed by atoms with E-state index >= 15 is 0 Å². The molecular formula is C20H33N5O2. The number of anilines is 1. The Bertz CT molecular complexity index is 613. The Morgan fingerprint density at radius 2 is 1.89 bits per heavy atom. The zero-order valence-corrected chi connectivity index (χ0v) is 16.9. The zero-order chi connectivity index (χ0) is 19.7. The quantitative estimate of drug-likeness (QED) is 0.404. The first-order valence-corrected chi connectivity index (χ1v) is 9.59. The van der Waals surface area contributed by atoms with Crippen LogP contribution in [0.3, 0.4) is 0 Å². The second kappa shape index (κ2) is 10.0. The summed E-state index contributed by atoms with van der Waals surface area (Å²) in [4.78, 5) is 18.3. The number of rotatable bonds is 6. The van der Waals surface area contributed by atoms with Gasteiger partial charge >= 0.3 is 6.09 Å². The van der Waals surface area contributed by atoms with Gasteiger partial charge in [0.1, 0.15) is 5.60 Å². The third kappa shape index (κ3) is 7.76. The van der Waals surface area contributed by atoms with Gasteiger partial charge in [-0.1, -0.05) is 18.2 Å². The van der Waals surface area contributed by atoms with Crippen LogP contribution in [0.15, 0.2) is 35.3 Å². The first-order valence-electron chi connectivity index (χ1n) is 9.59. The van der Waals surface area contributed by atoms with Crippen molar-refractivity contribution in [2.45, 2.75) is 32.8 Å². The smallest absolute Gasteiger partial charge is 0.407 e. The molecule has 1 aromatic rings. The van der Waals surface area contributed by atoms with Crippen LogP contribution < -0.4 is 20.9 Å². The molecule has 150 valence electrons. The van der Waals surface area contributed by atoms with Gasteiger partial charge in [-0.05, 0) is 45.2 Å².